The van der Waals surface area contributed by atoms with Gasteiger partial charge in [0.25, 0.3) is 10.0 Å². The highest BCUT2D eigenvalue weighted by atomic mass is 32.2. The van der Waals surface area contributed by atoms with Crippen LogP contribution in [0, 0.1) is 11.6 Å². The second kappa shape index (κ2) is 5.58. The number of aryl methyl sites for hydroxylation is 1. The Bertz CT molecular complexity index is 730. The van der Waals surface area contributed by atoms with E-state index >= 15 is 0 Å². The van der Waals surface area contributed by atoms with Crippen molar-refractivity contribution in [2.45, 2.75) is 18.2 Å². The molecule has 0 heterocycles. The molecule has 0 amide bonds. The van der Waals surface area contributed by atoms with E-state index < -0.39 is 26.6 Å². The van der Waals surface area contributed by atoms with Gasteiger partial charge < -0.3 is 0 Å². The SMILES string of the molecule is CCc1ccccc1NS(=O)(=O)c1cc(F)ccc1F. The van der Waals surface area contributed by atoms with Gasteiger partial charge in [0.1, 0.15) is 16.5 Å². The molecule has 0 aliphatic carbocycles. The normalized spacial score (nSPS) is 11.3. The number of para-hydroxylation sites is 1. The van der Waals surface area contributed by atoms with Crippen LogP contribution in [-0.4, -0.2) is 8.42 Å². The summed E-state index contributed by atoms with van der Waals surface area (Å²) in [6.07, 6.45) is 0.615. The molecule has 0 radical (unpaired) electrons. The Kier molecular flexibility index (Phi) is 4.04. The van der Waals surface area contributed by atoms with Crippen LogP contribution in [0.1, 0.15) is 12.5 Å². The van der Waals surface area contributed by atoms with E-state index in [0.29, 0.717) is 18.2 Å². The lowest BCUT2D eigenvalue weighted by atomic mass is 10.1. The fourth-order valence-corrected chi connectivity index (χ4v) is 3.00. The molecule has 2 rings (SSSR count). The first kappa shape index (κ1) is 14.5. The number of nitrogens with one attached hydrogen (secondary N) is 1. The zero-order chi connectivity index (χ0) is 14.8. The Morgan fingerprint density at radius 1 is 1.10 bits per heavy atom. The van der Waals surface area contributed by atoms with Gasteiger partial charge in [0.2, 0.25) is 0 Å². The summed E-state index contributed by atoms with van der Waals surface area (Å²) in [7, 11) is -4.16. The fourth-order valence-electron chi connectivity index (χ4n) is 1.81. The summed E-state index contributed by atoms with van der Waals surface area (Å²) in [6.45, 7) is 1.87. The molecule has 0 saturated heterocycles. The number of hydrogen-bond donors (Lipinski definition) is 1. The first-order valence-electron chi connectivity index (χ1n) is 6.00. The van der Waals surface area contributed by atoms with Crippen LogP contribution in [0.15, 0.2) is 47.4 Å². The number of sulfonamides is 1. The first-order chi connectivity index (χ1) is 9.44. The van der Waals surface area contributed by atoms with Gasteiger partial charge in [-0.3, -0.25) is 4.72 Å². The highest BCUT2D eigenvalue weighted by Gasteiger charge is 2.20. The molecule has 3 nitrogen and oxygen atoms in total. The Labute approximate surface area is 116 Å². The molecule has 0 spiro atoms. The zero-order valence-corrected chi connectivity index (χ0v) is 11.5. The van der Waals surface area contributed by atoms with Gasteiger partial charge >= 0.3 is 0 Å². The minimum Gasteiger partial charge on any atom is -0.279 e. The molecule has 0 aromatic heterocycles. The summed E-state index contributed by atoms with van der Waals surface area (Å²) < 4.78 is 53.2. The van der Waals surface area contributed by atoms with Gasteiger partial charge in [-0.15, -0.1) is 0 Å². The summed E-state index contributed by atoms with van der Waals surface area (Å²) in [5.41, 5.74) is 1.13. The van der Waals surface area contributed by atoms with E-state index in [1.807, 2.05) is 6.92 Å². The molecule has 20 heavy (non-hydrogen) atoms. The zero-order valence-electron chi connectivity index (χ0n) is 10.7. The van der Waals surface area contributed by atoms with Crippen LogP contribution in [0.3, 0.4) is 0 Å². The maximum Gasteiger partial charge on any atom is 0.264 e. The lowest BCUT2D eigenvalue weighted by Gasteiger charge is -2.12. The molecule has 0 saturated carbocycles. The van der Waals surface area contributed by atoms with E-state index in [0.717, 1.165) is 17.7 Å². The monoisotopic (exact) mass is 297 g/mol. The van der Waals surface area contributed by atoms with E-state index in [4.69, 9.17) is 0 Å². The van der Waals surface area contributed by atoms with Crippen molar-refractivity contribution in [2.75, 3.05) is 4.72 Å². The fraction of sp³-hybridized carbons (Fsp3) is 0.143. The predicted octanol–water partition coefficient (Wildman–Crippen LogP) is 3.33. The maximum absolute atomic E-state index is 13.6. The minimum absolute atomic E-state index is 0.360. The van der Waals surface area contributed by atoms with Crippen LogP contribution in [0.2, 0.25) is 0 Å². The van der Waals surface area contributed by atoms with Gasteiger partial charge in [-0.05, 0) is 36.2 Å². The van der Waals surface area contributed by atoms with Gasteiger partial charge in [-0.2, -0.15) is 0 Å². The Morgan fingerprint density at radius 2 is 1.80 bits per heavy atom. The van der Waals surface area contributed by atoms with E-state index in [9.17, 15) is 17.2 Å². The largest absolute Gasteiger partial charge is 0.279 e. The molecular formula is C14H13F2NO2S. The minimum atomic E-state index is -4.16. The van der Waals surface area contributed by atoms with E-state index in [-0.39, 0.29) is 0 Å². The molecule has 0 aliphatic rings. The molecule has 0 atom stereocenters. The third-order valence-corrected chi connectivity index (χ3v) is 4.21. The average molecular weight is 297 g/mol. The smallest absolute Gasteiger partial charge is 0.264 e. The van der Waals surface area contributed by atoms with Gasteiger partial charge in [0.05, 0.1) is 5.69 Å². The first-order valence-corrected chi connectivity index (χ1v) is 7.48. The van der Waals surface area contributed by atoms with Crippen LogP contribution in [0.4, 0.5) is 14.5 Å². The molecule has 106 valence electrons. The quantitative estimate of drug-likeness (QED) is 0.941. The number of anilines is 1. The Balaban J connectivity index is 2.43. The Morgan fingerprint density at radius 3 is 2.50 bits per heavy atom. The molecule has 1 N–H and O–H groups in total. The summed E-state index contributed by atoms with van der Waals surface area (Å²) in [5.74, 6) is -1.80. The molecule has 6 heteroatoms. The second-order valence-corrected chi connectivity index (χ2v) is 5.84. The number of halogens is 2. The highest BCUT2D eigenvalue weighted by Crippen LogP contribution is 2.22. The van der Waals surface area contributed by atoms with Crippen molar-refractivity contribution in [3.8, 4) is 0 Å². The van der Waals surface area contributed by atoms with Gasteiger partial charge in [-0.25, -0.2) is 17.2 Å². The summed E-state index contributed by atoms with van der Waals surface area (Å²) in [4.78, 5) is -0.705. The van der Waals surface area contributed by atoms with Crippen LogP contribution >= 0.6 is 0 Å². The van der Waals surface area contributed by atoms with Crippen molar-refractivity contribution >= 4 is 15.7 Å². The third-order valence-electron chi connectivity index (χ3n) is 2.83. The van der Waals surface area contributed by atoms with Gasteiger partial charge in [-0.1, -0.05) is 25.1 Å². The number of benzene rings is 2. The van der Waals surface area contributed by atoms with Crippen molar-refractivity contribution in [1.29, 1.82) is 0 Å². The highest BCUT2D eigenvalue weighted by molar-refractivity contribution is 7.92. The summed E-state index contributed by atoms with van der Waals surface area (Å²) in [5, 5.41) is 0. The van der Waals surface area contributed by atoms with Crippen molar-refractivity contribution in [1.82, 2.24) is 0 Å². The number of hydrogen-bond acceptors (Lipinski definition) is 2. The van der Waals surface area contributed by atoms with Crippen molar-refractivity contribution in [2.24, 2.45) is 0 Å². The predicted molar refractivity (Wildman–Crippen MR) is 73.0 cm³/mol. The average Bonchev–Trinajstić information content (AvgIpc) is 2.41. The van der Waals surface area contributed by atoms with Gasteiger partial charge in [0, 0.05) is 0 Å². The second-order valence-electron chi connectivity index (χ2n) is 4.19. The van der Waals surface area contributed by atoms with Crippen molar-refractivity contribution in [3.05, 3.63) is 59.7 Å². The molecule has 0 aliphatic heterocycles. The molecule has 2 aromatic carbocycles. The van der Waals surface area contributed by atoms with E-state index in [1.165, 1.54) is 0 Å². The number of rotatable bonds is 4. The molecule has 2 aromatic rings. The van der Waals surface area contributed by atoms with Crippen LogP contribution in [0.25, 0.3) is 0 Å². The third kappa shape index (κ3) is 2.96. The van der Waals surface area contributed by atoms with E-state index in [1.54, 1.807) is 24.3 Å². The summed E-state index contributed by atoms with van der Waals surface area (Å²) in [6, 6.07) is 9.10. The van der Waals surface area contributed by atoms with Gasteiger partial charge in [0.15, 0.2) is 0 Å². The Hall–Kier alpha value is -1.95. The van der Waals surface area contributed by atoms with Crippen LogP contribution < -0.4 is 4.72 Å². The van der Waals surface area contributed by atoms with Crippen molar-refractivity contribution < 1.29 is 17.2 Å². The topological polar surface area (TPSA) is 46.2 Å². The molecule has 0 fully saturated rings. The summed E-state index contributed by atoms with van der Waals surface area (Å²) >= 11 is 0. The standard InChI is InChI=1S/C14H13F2NO2S/c1-2-10-5-3-4-6-13(10)17-20(18,19)14-9-11(15)7-8-12(14)16/h3-9,17H,2H2,1H3. The van der Waals surface area contributed by atoms with E-state index in [2.05, 4.69) is 4.72 Å². The maximum atomic E-state index is 13.6. The van der Waals surface area contributed by atoms with Crippen molar-refractivity contribution in [3.63, 3.8) is 0 Å². The van der Waals surface area contributed by atoms with Crippen LogP contribution in [0.5, 0.6) is 0 Å². The molecule has 0 bridgehead atoms. The lowest BCUT2D eigenvalue weighted by Crippen LogP contribution is -2.16. The lowest BCUT2D eigenvalue weighted by molar-refractivity contribution is 0.555. The molecular weight excluding hydrogens is 284 g/mol. The molecule has 0 unspecified atom stereocenters. The van der Waals surface area contributed by atoms with Crippen LogP contribution in [-0.2, 0) is 16.4 Å².